The van der Waals surface area contributed by atoms with E-state index in [1.165, 1.54) is 25.3 Å². The van der Waals surface area contributed by atoms with Crippen molar-refractivity contribution in [2.45, 2.75) is 6.92 Å². The molecule has 0 heterocycles. The summed E-state index contributed by atoms with van der Waals surface area (Å²) >= 11 is 0. The lowest BCUT2D eigenvalue weighted by Crippen LogP contribution is -1.96. The van der Waals surface area contributed by atoms with Gasteiger partial charge in [-0.15, -0.1) is 5.26 Å². The highest BCUT2D eigenvalue weighted by molar-refractivity contribution is 5.90. The maximum absolute atomic E-state index is 9.87. The van der Waals surface area contributed by atoms with Gasteiger partial charge in [-0.3, -0.25) is 0 Å². The zero-order valence-electron chi connectivity index (χ0n) is 7.93. The third-order valence-electron chi connectivity index (χ3n) is 0.952. The molecule has 0 fully saturated rings. The van der Waals surface area contributed by atoms with Crippen molar-refractivity contribution in [3.05, 3.63) is 24.3 Å². The van der Waals surface area contributed by atoms with Crippen LogP contribution in [0.1, 0.15) is 6.92 Å². The first kappa shape index (κ1) is 14.9. The van der Waals surface area contributed by atoms with Crippen molar-refractivity contribution >= 4 is 11.9 Å². The number of nitriles is 2. The van der Waals surface area contributed by atoms with Gasteiger partial charge in [-0.25, -0.2) is 9.59 Å². The van der Waals surface area contributed by atoms with Crippen LogP contribution in [0.3, 0.4) is 0 Å². The van der Waals surface area contributed by atoms with Crippen molar-refractivity contribution in [3.63, 3.8) is 0 Å². The van der Waals surface area contributed by atoms with Crippen LogP contribution < -0.4 is 0 Å². The Morgan fingerprint density at radius 2 is 2.00 bits per heavy atom. The summed E-state index contributed by atoms with van der Waals surface area (Å²) in [5.41, 5.74) is -0.218. The highest BCUT2D eigenvalue weighted by Crippen LogP contribution is 1.88. The third kappa shape index (κ3) is 9.31. The normalized spacial score (nSPS) is 8.33. The molecule has 78 valence electrons. The summed E-state index contributed by atoms with van der Waals surface area (Å²) in [7, 11) is 0. The predicted octanol–water partition coefficient (Wildman–Crippen LogP) is 0.738. The number of allylic oxidation sites excluding steroid dienone is 1. The standard InChI is InChI=1S/C5H5NO2.C4H3NO2/c1-2-4(3-6)5(7)8;1-2-4(6)7-3-5/h2H,1H3,(H,7,8);2H,1H2. The maximum Gasteiger partial charge on any atom is 0.346 e. The Labute approximate surface area is 86.3 Å². The summed E-state index contributed by atoms with van der Waals surface area (Å²) in [6, 6.07) is 1.51. The highest BCUT2D eigenvalue weighted by atomic mass is 16.5. The van der Waals surface area contributed by atoms with Gasteiger partial charge in [0.05, 0.1) is 0 Å². The van der Waals surface area contributed by atoms with E-state index in [2.05, 4.69) is 11.3 Å². The molecule has 0 aliphatic heterocycles. The quantitative estimate of drug-likeness (QED) is 0.310. The van der Waals surface area contributed by atoms with Crippen LogP contribution in [0.15, 0.2) is 24.3 Å². The van der Waals surface area contributed by atoms with Crippen molar-refractivity contribution < 1.29 is 19.4 Å². The van der Waals surface area contributed by atoms with E-state index < -0.39 is 11.9 Å². The average Bonchev–Trinajstić information content (AvgIpc) is 2.20. The van der Waals surface area contributed by atoms with Crippen LogP contribution in [0.2, 0.25) is 0 Å². The largest absolute Gasteiger partial charge is 0.477 e. The molecular weight excluding hydrogens is 200 g/mol. The summed E-state index contributed by atoms with van der Waals surface area (Å²) in [5, 5.41) is 23.7. The van der Waals surface area contributed by atoms with Gasteiger partial charge in [-0.2, -0.15) is 5.26 Å². The van der Waals surface area contributed by atoms with E-state index >= 15 is 0 Å². The second kappa shape index (κ2) is 9.49. The Morgan fingerprint density at radius 1 is 1.47 bits per heavy atom. The lowest BCUT2D eigenvalue weighted by molar-refractivity contribution is -0.132. The Balaban J connectivity index is 0. The number of rotatable bonds is 2. The summed E-state index contributed by atoms with van der Waals surface area (Å²) in [4.78, 5) is 19.7. The summed E-state index contributed by atoms with van der Waals surface area (Å²) in [5.74, 6) is -1.89. The first-order valence-corrected chi connectivity index (χ1v) is 3.55. The molecule has 0 atom stereocenters. The van der Waals surface area contributed by atoms with Gasteiger partial charge in [-0.1, -0.05) is 12.7 Å². The minimum absolute atomic E-state index is 0.218. The fourth-order valence-electron chi connectivity index (χ4n) is 0.322. The summed E-state index contributed by atoms with van der Waals surface area (Å²) < 4.78 is 3.74. The lowest BCUT2D eigenvalue weighted by Gasteiger charge is -1.80. The molecule has 6 heteroatoms. The second-order valence-corrected chi connectivity index (χ2v) is 1.84. The zero-order valence-corrected chi connectivity index (χ0v) is 7.93. The Hall–Kier alpha value is -2.60. The zero-order chi connectivity index (χ0) is 12.3. The smallest absolute Gasteiger partial charge is 0.346 e. The summed E-state index contributed by atoms with van der Waals surface area (Å²) in [6.45, 7) is 4.56. The molecule has 0 aliphatic carbocycles. The van der Waals surface area contributed by atoms with Gasteiger partial charge < -0.3 is 9.84 Å². The molecule has 6 nitrogen and oxygen atoms in total. The summed E-state index contributed by atoms with van der Waals surface area (Å²) in [6.07, 6.45) is 3.37. The first-order chi connectivity index (χ1) is 7.03. The molecular formula is C9H8N2O4. The number of carbonyl (C=O) groups is 2. The predicted molar refractivity (Wildman–Crippen MR) is 48.9 cm³/mol. The monoisotopic (exact) mass is 208 g/mol. The van der Waals surface area contributed by atoms with Gasteiger partial charge in [0.25, 0.3) is 6.26 Å². The molecule has 0 spiro atoms. The molecule has 0 aliphatic rings. The van der Waals surface area contributed by atoms with Crippen LogP contribution in [0.5, 0.6) is 0 Å². The molecule has 0 aromatic heterocycles. The van der Waals surface area contributed by atoms with E-state index in [0.29, 0.717) is 0 Å². The van der Waals surface area contributed by atoms with Gasteiger partial charge in [-0.05, 0) is 6.92 Å². The van der Waals surface area contributed by atoms with Crippen molar-refractivity contribution in [1.29, 1.82) is 10.5 Å². The van der Waals surface area contributed by atoms with Crippen molar-refractivity contribution in [1.82, 2.24) is 0 Å². The molecule has 15 heavy (non-hydrogen) atoms. The van der Waals surface area contributed by atoms with Crippen LogP contribution in [-0.2, 0) is 14.3 Å². The molecule has 0 amide bonds. The topological polar surface area (TPSA) is 111 Å². The molecule has 0 aromatic rings. The van der Waals surface area contributed by atoms with Gasteiger partial charge in [0, 0.05) is 6.08 Å². The second-order valence-electron chi connectivity index (χ2n) is 1.84. The van der Waals surface area contributed by atoms with E-state index in [9.17, 15) is 9.59 Å². The van der Waals surface area contributed by atoms with Crippen molar-refractivity contribution in [2.24, 2.45) is 0 Å². The van der Waals surface area contributed by atoms with E-state index in [1.54, 1.807) is 0 Å². The van der Waals surface area contributed by atoms with Gasteiger partial charge in [0.1, 0.15) is 11.6 Å². The number of carbonyl (C=O) groups excluding carboxylic acids is 1. The fraction of sp³-hybridized carbons (Fsp3) is 0.111. The van der Waals surface area contributed by atoms with Gasteiger partial charge >= 0.3 is 11.9 Å². The number of esters is 1. The number of aliphatic carboxylic acids is 1. The lowest BCUT2D eigenvalue weighted by atomic mass is 10.3. The molecule has 0 saturated heterocycles. The molecule has 0 saturated carbocycles. The van der Waals surface area contributed by atoms with Crippen molar-refractivity contribution in [2.75, 3.05) is 0 Å². The fourth-order valence-corrected chi connectivity index (χ4v) is 0.322. The number of hydrogen-bond donors (Lipinski definition) is 1. The average molecular weight is 208 g/mol. The minimum atomic E-state index is -1.17. The molecule has 0 aromatic carbocycles. The molecule has 0 radical (unpaired) electrons. The Bertz CT molecular complexity index is 357. The van der Waals surface area contributed by atoms with E-state index in [0.717, 1.165) is 6.08 Å². The molecule has 0 rings (SSSR count). The minimum Gasteiger partial charge on any atom is -0.477 e. The van der Waals surface area contributed by atoms with Gasteiger partial charge in [0.15, 0.2) is 0 Å². The molecule has 1 N–H and O–H groups in total. The number of hydrogen-bond acceptors (Lipinski definition) is 5. The van der Waals surface area contributed by atoms with E-state index in [4.69, 9.17) is 15.6 Å². The Morgan fingerprint density at radius 3 is 2.07 bits per heavy atom. The number of nitrogens with zero attached hydrogens (tertiary/aromatic N) is 2. The molecule has 0 bridgehead atoms. The van der Waals surface area contributed by atoms with Crippen molar-refractivity contribution in [3.8, 4) is 12.3 Å². The van der Waals surface area contributed by atoms with Gasteiger partial charge in [0.2, 0.25) is 0 Å². The SMILES string of the molecule is C=CC(=O)OC#N.CC=C(C#N)C(=O)O. The van der Waals surface area contributed by atoms with E-state index in [1.807, 2.05) is 0 Å². The van der Waals surface area contributed by atoms with Crippen LogP contribution in [0, 0.1) is 22.8 Å². The van der Waals surface area contributed by atoms with Crippen LogP contribution >= 0.6 is 0 Å². The van der Waals surface area contributed by atoms with E-state index in [-0.39, 0.29) is 5.57 Å². The Kier molecular flexibility index (Phi) is 9.42. The van der Waals surface area contributed by atoms with Crippen LogP contribution in [0.25, 0.3) is 0 Å². The molecule has 0 unspecified atom stereocenters. The highest BCUT2D eigenvalue weighted by Gasteiger charge is 2.00. The third-order valence-corrected chi connectivity index (χ3v) is 0.952. The number of carboxylic acids is 1. The maximum atomic E-state index is 9.87. The number of ether oxygens (including phenoxy) is 1. The van der Waals surface area contributed by atoms with Crippen LogP contribution in [0.4, 0.5) is 0 Å². The van der Waals surface area contributed by atoms with Crippen LogP contribution in [-0.4, -0.2) is 17.0 Å². The number of carboxylic acid groups (broad SMARTS) is 1. The first-order valence-electron chi connectivity index (χ1n) is 3.55.